The molecule has 0 fully saturated rings. The topological polar surface area (TPSA) is 96.6 Å². The third-order valence-corrected chi connectivity index (χ3v) is 2.82. The van der Waals surface area contributed by atoms with Crippen LogP contribution in [0.1, 0.15) is 33.7 Å². The summed E-state index contributed by atoms with van der Waals surface area (Å²) in [5.74, 6) is -1.95. The minimum atomic E-state index is -0.940. The van der Waals surface area contributed by atoms with E-state index in [1.165, 1.54) is 0 Å². The highest BCUT2D eigenvalue weighted by Gasteiger charge is 2.06. The summed E-state index contributed by atoms with van der Waals surface area (Å²) in [5.41, 5.74) is 0.888. The zero-order chi connectivity index (χ0) is 16.5. The first-order valence-corrected chi connectivity index (χ1v) is 6.56. The molecule has 1 aromatic heterocycles. The zero-order valence-electron chi connectivity index (χ0n) is 12.1. The molecule has 116 valence electrons. The number of carboxylic acids is 2. The second kappa shape index (κ2) is 8.41. The molecule has 2 N–H and O–H groups in total. The average Bonchev–Trinajstić information content (AvgIpc) is 2.92. The van der Waals surface area contributed by atoms with Crippen molar-refractivity contribution < 1.29 is 24.6 Å². The van der Waals surface area contributed by atoms with Crippen molar-refractivity contribution in [2.24, 2.45) is 7.05 Å². The number of carboxylic acid groups (broad SMARTS) is 2. The van der Waals surface area contributed by atoms with E-state index >= 15 is 0 Å². The van der Waals surface area contributed by atoms with Gasteiger partial charge in [-0.1, -0.05) is 30.3 Å². The summed E-state index contributed by atoms with van der Waals surface area (Å²) < 4.78 is 1.56. The maximum atomic E-state index is 11.3. The summed E-state index contributed by atoms with van der Waals surface area (Å²) in [6.45, 7) is 0. The van der Waals surface area contributed by atoms with Crippen molar-refractivity contribution in [1.29, 1.82) is 0 Å². The molecule has 0 radical (unpaired) electrons. The van der Waals surface area contributed by atoms with E-state index in [0.717, 1.165) is 0 Å². The first-order chi connectivity index (χ1) is 10.4. The van der Waals surface area contributed by atoms with E-state index in [1.807, 2.05) is 6.07 Å². The van der Waals surface area contributed by atoms with E-state index in [-0.39, 0.29) is 18.6 Å². The van der Waals surface area contributed by atoms with Gasteiger partial charge >= 0.3 is 11.9 Å². The second-order valence-corrected chi connectivity index (χ2v) is 4.49. The minimum absolute atomic E-state index is 0.0688. The normalized spacial score (nSPS) is 9.50. The van der Waals surface area contributed by atoms with E-state index in [9.17, 15) is 14.4 Å². The molecule has 0 bridgehead atoms. The predicted octanol–water partition coefficient (Wildman–Crippen LogP) is 2.46. The number of benzene rings is 1. The predicted molar refractivity (Wildman–Crippen MR) is 80.0 cm³/mol. The van der Waals surface area contributed by atoms with Crippen LogP contribution >= 0.6 is 0 Å². The van der Waals surface area contributed by atoms with Crippen LogP contribution in [0.5, 0.6) is 0 Å². The van der Waals surface area contributed by atoms with Crippen LogP contribution in [-0.2, 0) is 11.8 Å². The van der Waals surface area contributed by atoms with Crippen LogP contribution in [-0.4, -0.2) is 32.5 Å². The summed E-state index contributed by atoms with van der Waals surface area (Å²) in [5, 5.41) is 16.8. The standard InChI is InChI=1S/C10H10O3.C6H7NO2/c11-9(6-7-10(12)13)8-4-2-1-3-5-8;1-7-4-2-3-5(7)6(8)9/h1-5H,6-7H2,(H,12,13);2-4H,1H3,(H,8,9). The summed E-state index contributed by atoms with van der Waals surface area (Å²) in [7, 11) is 1.70. The third kappa shape index (κ3) is 5.62. The molecule has 0 amide bonds. The lowest BCUT2D eigenvalue weighted by molar-refractivity contribution is -0.136. The molecule has 0 aliphatic rings. The highest BCUT2D eigenvalue weighted by Crippen LogP contribution is 2.04. The highest BCUT2D eigenvalue weighted by atomic mass is 16.4. The minimum Gasteiger partial charge on any atom is -0.481 e. The number of ketones is 1. The molecule has 1 aromatic carbocycles. The summed E-state index contributed by atoms with van der Waals surface area (Å²) in [6, 6.07) is 12.0. The molecule has 0 aliphatic carbocycles. The quantitative estimate of drug-likeness (QED) is 0.827. The van der Waals surface area contributed by atoms with Crippen LogP contribution in [0, 0.1) is 0 Å². The van der Waals surface area contributed by atoms with Crippen molar-refractivity contribution in [3.63, 3.8) is 0 Å². The Kier molecular flexibility index (Phi) is 6.56. The van der Waals surface area contributed by atoms with E-state index < -0.39 is 11.9 Å². The number of nitrogens with zero attached hydrogens (tertiary/aromatic N) is 1. The Hall–Kier alpha value is -2.89. The maximum Gasteiger partial charge on any atom is 0.352 e. The van der Waals surface area contributed by atoms with Crippen LogP contribution in [0.4, 0.5) is 0 Å². The molecule has 1 heterocycles. The number of rotatable bonds is 5. The number of aromatic nitrogens is 1. The molecular weight excluding hydrogens is 286 g/mol. The van der Waals surface area contributed by atoms with Crippen molar-refractivity contribution >= 4 is 17.7 Å². The monoisotopic (exact) mass is 303 g/mol. The highest BCUT2D eigenvalue weighted by molar-refractivity contribution is 5.97. The zero-order valence-corrected chi connectivity index (χ0v) is 12.1. The Labute approximate surface area is 127 Å². The van der Waals surface area contributed by atoms with Gasteiger partial charge in [0.05, 0.1) is 6.42 Å². The van der Waals surface area contributed by atoms with E-state index in [2.05, 4.69) is 0 Å². The first kappa shape index (κ1) is 17.2. The number of aliphatic carboxylic acids is 1. The maximum absolute atomic E-state index is 11.3. The van der Waals surface area contributed by atoms with E-state index in [1.54, 1.807) is 54.2 Å². The molecule has 0 saturated heterocycles. The Morgan fingerprint density at radius 2 is 1.59 bits per heavy atom. The Bertz CT molecular complexity index is 646. The molecule has 0 spiro atoms. The van der Waals surface area contributed by atoms with E-state index in [0.29, 0.717) is 11.3 Å². The molecule has 0 saturated carbocycles. The molecule has 2 rings (SSSR count). The lowest BCUT2D eigenvalue weighted by Gasteiger charge is -1.97. The number of carbonyl (C=O) groups excluding carboxylic acids is 1. The van der Waals surface area contributed by atoms with Crippen molar-refractivity contribution in [2.75, 3.05) is 0 Å². The van der Waals surface area contributed by atoms with Gasteiger partial charge in [-0.3, -0.25) is 9.59 Å². The van der Waals surface area contributed by atoms with Crippen LogP contribution < -0.4 is 0 Å². The molecule has 6 heteroatoms. The largest absolute Gasteiger partial charge is 0.481 e. The fraction of sp³-hybridized carbons (Fsp3) is 0.188. The van der Waals surface area contributed by atoms with Gasteiger partial charge < -0.3 is 14.8 Å². The number of carbonyl (C=O) groups is 3. The van der Waals surface area contributed by atoms with Gasteiger partial charge in [0.15, 0.2) is 5.78 Å². The molecular formula is C16H17NO5. The van der Waals surface area contributed by atoms with Crippen LogP contribution in [0.15, 0.2) is 48.7 Å². The van der Waals surface area contributed by atoms with Gasteiger partial charge in [-0.25, -0.2) is 4.79 Å². The van der Waals surface area contributed by atoms with Gasteiger partial charge in [-0.05, 0) is 12.1 Å². The number of aryl methyl sites for hydroxylation is 1. The fourth-order valence-corrected chi connectivity index (χ4v) is 1.67. The third-order valence-electron chi connectivity index (χ3n) is 2.82. The van der Waals surface area contributed by atoms with Crippen molar-refractivity contribution in [2.45, 2.75) is 12.8 Å². The number of hydrogen-bond acceptors (Lipinski definition) is 3. The smallest absolute Gasteiger partial charge is 0.352 e. The SMILES string of the molecule is Cn1cccc1C(=O)O.O=C(O)CCC(=O)c1ccccc1. The number of hydrogen-bond donors (Lipinski definition) is 2. The average molecular weight is 303 g/mol. The van der Waals surface area contributed by atoms with Gasteiger partial charge in [0.2, 0.25) is 0 Å². The number of Topliss-reactive ketones (excluding diaryl/α,β-unsaturated/α-hetero) is 1. The fourth-order valence-electron chi connectivity index (χ4n) is 1.67. The van der Waals surface area contributed by atoms with Gasteiger partial charge in [-0.15, -0.1) is 0 Å². The summed E-state index contributed by atoms with van der Waals surface area (Å²) >= 11 is 0. The van der Waals surface area contributed by atoms with Gasteiger partial charge in [0.1, 0.15) is 5.69 Å². The van der Waals surface area contributed by atoms with Gasteiger partial charge in [-0.2, -0.15) is 0 Å². The Morgan fingerprint density at radius 3 is 2.00 bits per heavy atom. The molecule has 0 unspecified atom stereocenters. The number of aromatic carboxylic acids is 1. The van der Waals surface area contributed by atoms with Gasteiger partial charge in [0, 0.05) is 25.2 Å². The molecule has 0 atom stereocenters. The van der Waals surface area contributed by atoms with Gasteiger partial charge in [0.25, 0.3) is 0 Å². The summed E-state index contributed by atoms with van der Waals surface area (Å²) in [6.07, 6.45) is 1.66. The van der Waals surface area contributed by atoms with E-state index in [4.69, 9.17) is 10.2 Å². The van der Waals surface area contributed by atoms with Crippen LogP contribution in [0.25, 0.3) is 0 Å². The lowest BCUT2D eigenvalue weighted by atomic mass is 10.1. The molecule has 6 nitrogen and oxygen atoms in total. The molecule has 2 aromatic rings. The summed E-state index contributed by atoms with van der Waals surface area (Å²) in [4.78, 5) is 31.7. The Balaban J connectivity index is 0.000000235. The van der Waals surface area contributed by atoms with Crippen molar-refractivity contribution in [1.82, 2.24) is 4.57 Å². The van der Waals surface area contributed by atoms with Crippen LogP contribution in [0.3, 0.4) is 0 Å². The first-order valence-electron chi connectivity index (χ1n) is 6.56. The van der Waals surface area contributed by atoms with Crippen molar-refractivity contribution in [3.05, 3.63) is 59.9 Å². The van der Waals surface area contributed by atoms with Crippen LogP contribution in [0.2, 0.25) is 0 Å². The molecule has 0 aliphatic heterocycles. The molecule has 22 heavy (non-hydrogen) atoms. The Morgan fingerprint density at radius 1 is 0.955 bits per heavy atom. The van der Waals surface area contributed by atoms with Crippen molar-refractivity contribution in [3.8, 4) is 0 Å². The second-order valence-electron chi connectivity index (χ2n) is 4.49. The lowest BCUT2D eigenvalue weighted by Crippen LogP contribution is -2.03.